The molecule has 0 fully saturated rings. The van der Waals surface area contributed by atoms with Crippen LogP contribution in [0, 0.1) is 30.1 Å². The van der Waals surface area contributed by atoms with Gasteiger partial charge in [-0.25, -0.2) is 0 Å². The van der Waals surface area contributed by atoms with Crippen molar-refractivity contribution in [3.8, 4) is 0 Å². The Hall–Kier alpha value is -1.83. The van der Waals surface area contributed by atoms with Crippen molar-refractivity contribution in [2.45, 2.75) is 48.0 Å². The van der Waals surface area contributed by atoms with E-state index in [0.29, 0.717) is 12.3 Å². The lowest BCUT2D eigenvalue weighted by Crippen LogP contribution is -2.31. The van der Waals surface area contributed by atoms with Crippen molar-refractivity contribution in [2.24, 2.45) is 17.3 Å². The monoisotopic (exact) mass is 330 g/mol. The molecular weight excluding hydrogens is 296 g/mol. The third-order valence-corrected chi connectivity index (χ3v) is 4.91. The Morgan fingerprint density at radius 3 is 2.42 bits per heavy atom. The second-order valence-corrected chi connectivity index (χ2v) is 6.84. The van der Waals surface area contributed by atoms with Gasteiger partial charge in [0, 0.05) is 6.42 Å². The normalized spacial score (nSPS) is 15.9. The first-order valence-corrected chi connectivity index (χ1v) is 8.63. The van der Waals surface area contributed by atoms with E-state index in [9.17, 15) is 4.79 Å². The molecule has 0 aliphatic carbocycles. The van der Waals surface area contributed by atoms with Crippen LogP contribution < -0.4 is 0 Å². The van der Waals surface area contributed by atoms with Crippen LogP contribution in [0.15, 0.2) is 48.1 Å². The predicted octanol–water partition coefficient (Wildman–Crippen LogP) is 5.89. The van der Waals surface area contributed by atoms with Crippen LogP contribution in [0.1, 0.15) is 48.0 Å². The minimum atomic E-state index is -0.141. The summed E-state index contributed by atoms with van der Waals surface area (Å²) in [5, 5.41) is 0. The molecule has 136 valence electrons. The smallest absolute Gasteiger partial charge is 0.305 e. The highest BCUT2D eigenvalue weighted by Crippen LogP contribution is 2.38. The summed E-state index contributed by atoms with van der Waals surface area (Å²) in [5.74, 6) is 0.481. The van der Waals surface area contributed by atoms with E-state index in [2.05, 4.69) is 59.3 Å². The van der Waals surface area contributed by atoms with E-state index in [4.69, 9.17) is 4.74 Å². The van der Waals surface area contributed by atoms with Crippen LogP contribution in [0.25, 0.3) is 0 Å². The minimum Gasteiger partial charge on any atom is -0.469 e. The lowest BCUT2D eigenvalue weighted by Gasteiger charge is -2.40. The van der Waals surface area contributed by atoms with Gasteiger partial charge in [-0.15, -0.1) is 6.08 Å². The van der Waals surface area contributed by atoms with Gasteiger partial charge < -0.3 is 16.9 Å². The van der Waals surface area contributed by atoms with E-state index in [1.165, 1.54) is 12.7 Å². The van der Waals surface area contributed by atoms with Crippen LogP contribution in [0.5, 0.6) is 0 Å². The molecule has 0 bridgehead atoms. The number of methoxy groups -OCH3 is 1. The molecule has 0 aliphatic rings. The van der Waals surface area contributed by atoms with Crippen molar-refractivity contribution in [3.63, 3.8) is 0 Å². The van der Waals surface area contributed by atoms with Gasteiger partial charge in [-0.3, -0.25) is 17.6 Å². The summed E-state index contributed by atoms with van der Waals surface area (Å²) in [6, 6.07) is 0. The number of hydrogen-bond acceptors (Lipinski definition) is 2. The van der Waals surface area contributed by atoms with E-state index in [1.807, 2.05) is 37.6 Å². The molecule has 0 aromatic carbocycles. The van der Waals surface area contributed by atoms with Crippen molar-refractivity contribution in [2.75, 3.05) is 7.11 Å². The van der Waals surface area contributed by atoms with E-state index in [1.54, 1.807) is 0 Å². The van der Waals surface area contributed by atoms with E-state index >= 15 is 0 Å². The van der Waals surface area contributed by atoms with Crippen LogP contribution in [-0.4, -0.2) is 13.1 Å². The molecule has 0 amide bonds. The highest BCUT2D eigenvalue weighted by Gasteiger charge is 2.30. The summed E-state index contributed by atoms with van der Waals surface area (Å²) in [6.07, 6.45) is 19.0. The zero-order valence-corrected chi connectivity index (χ0v) is 16.4. The molecule has 0 aromatic rings. The van der Waals surface area contributed by atoms with Crippen LogP contribution in [-0.2, 0) is 9.53 Å². The summed E-state index contributed by atoms with van der Waals surface area (Å²) < 4.78 is 4.78. The average Bonchev–Trinajstić information content (AvgIpc) is 2.56. The molecule has 0 spiro atoms. The fourth-order valence-electron chi connectivity index (χ4n) is 2.08. The maximum Gasteiger partial charge on any atom is 0.305 e. The average molecular weight is 331 g/mol. The number of esters is 1. The number of rotatable bonds is 10. The summed E-state index contributed by atoms with van der Waals surface area (Å²) in [6.45, 7) is 12.8. The van der Waals surface area contributed by atoms with Crippen molar-refractivity contribution >= 4 is 5.97 Å². The zero-order chi connectivity index (χ0) is 18.6. The van der Waals surface area contributed by atoms with E-state index < -0.39 is 0 Å². The molecule has 0 saturated heterocycles. The van der Waals surface area contributed by atoms with Gasteiger partial charge in [0.1, 0.15) is 0 Å². The zero-order valence-electron chi connectivity index (χ0n) is 16.4. The van der Waals surface area contributed by atoms with Crippen LogP contribution >= 0.6 is 0 Å². The topological polar surface area (TPSA) is 26.3 Å². The molecule has 0 radical (unpaired) electrons. The molecule has 0 aromatic heterocycles. The largest absolute Gasteiger partial charge is 0.469 e. The van der Waals surface area contributed by atoms with Crippen LogP contribution in [0.4, 0.5) is 0 Å². The van der Waals surface area contributed by atoms with Crippen molar-refractivity contribution in [1.82, 2.24) is 0 Å². The first-order chi connectivity index (χ1) is 11.3. The summed E-state index contributed by atoms with van der Waals surface area (Å²) in [7, 11) is 1.44. The molecular formula is C22H34O2-2. The third-order valence-electron chi connectivity index (χ3n) is 4.91. The standard InChI is InChI=1S/C22H34O2/c1-8-18(2)15-13-11-9-10-12-14-16-19(3)22(5,6)20(4)17-21(23)24-7/h8-16,19-20H,17H2,1-7H3/q-2/b11-9+,14-12?,15-13+,18-8?. The van der Waals surface area contributed by atoms with E-state index in [-0.39, 0.29) is 17.3 Å². The first kappa shape index (κ1) is 22.2. The fraction of sp³-hybridized carbons (Fsp3) is 0.500. The van der Waals surface area contributed by atoms with Gasteiger partial charge in [0.05, 0.1) is 7.11 Å². The molecule has 0 heterocycles. The molecule has 24 heavy (non-hydrogen) atoms. The number of allylic oxidation sites excluding steroid dienone is 8. The maximum absolute atomic E-state index is 11.5. The van der Waals surface area contributed by atoms with Gasteiger partial charge in [-0.2, -0.15) is 12.2 Å². The SMILES string of the molecule is CC=C(C)/C=C/C=C/[CH-]C=C[CH-]C(C)C(C)(C)C(C)CC(=O)OC. The molecule has 0 aliphatic heterocycles. The molecule has 2 unspecified atom stereocenters. The molecule has 2 heteroatoms. The molecule has 0 rings (SSSR count). The highest BCUT2D eigenvalue weighted by atomic mass is 16.5. The fourth-order valence-corrected chi connectivity index (χ4v) is 2.08. The van der Waals surface area contributed by atoms with Crippen molar-refractivity contribution in [3.05, 3.63) is 60.9 Å². The second kappa shape index (κ2) is 11.7. The Bertz CT molecular complexity index is 478. The molecule has 0 N–H and O–H groups in total. The Labute approximate surface area is 149 Å². The quantitative estimate of drug-likeness (QED) is 0.283. The van der Waals surface area contributed by atoms with Gasteiger partial charge >= 0.3 is 5.97 Å². The Balaban J connectivity index is 4.31. The molecule has 2 atom stereocenters. The summed E-state index contributed by atoms with van der Waals surface area (Å²) in [4.78, 5) is 11.5. The Kier molecular flexibility index (Phi) is 10.8. The lowest BCUT2D eigenvalue weighted by atomic mass is 9.68. The van der Waals surface area contributed by atoms with Gasteiger partial charge in [0.15, 0.2) is 0 Å². The van der Waals surface area contributed by atoms with Crippen LogP contribution in [0.3, 0.4) is 0 Å². The second-order valence-electron chi connectivity index (χ2n) is 6.84. The molecule has 0 saturated carbocycles. The lowest BCUT2D eigenvalue weighted by molar-refractivity contribution is -0.142. The number of hydrogen-bond donors (Lipinski definition) is 0. The van der Waals surface area contributed by atoms with Gasteiger partial charge in [-0.1, -0.05) is 51.3 Å². The predicted molar refractivity (Wildman–Crippen MR) is 104 cm³/mol. The third kappa shape index (κ3) is 8.71. The number of carbonyl (C=O) groups excluding carboxylic acids is 1. The number of ether oxygens (including phenoxy) is 1. The van der Waals surface area contributed by atoms with Gasteiger partial charge in [0.2, 0.25) is 0 Å². The summed E-state index contributed by atoms with van der Waals surface area (Å²) >= 11 is 0. The Morgan fingerprint density at radius 2 is 1.83 bits per heavy atom. The van der Waals surface area contributed by atoms with Crippen molar-refractivity contribution < 1.29 is 9.53 Å². The van der Waals surface area contributed by atoms with Crippen LogP contribution in [0.2, 0.25) is 0 Å². The minimum absolute atomic E-state index is 0.0289. The Morgan fingerprint density at radius 1 is 1.17 bits per heavy atom. The number of carbonyl (C=O) groups is 1. The first-order valence-electron chi connectivity index (χ1n) is 8.63. The van der Waals surface area contributed by atoms with Gasteiger partial charge in [0.25, 0.3) is 0 Å². The molecule has 2 nitrogen and oxygen atoms in total. The summed E-state index contributed by atoms with van der Waals surface area (Å²) in [5.41, 5.74) is 1.28. The van der Waals surface area contributed by atoms with Crippen molar-refractivity contribution in [1.29, 1.82) is 0 Å². The highest BCUT2D eigenvalue weighted by molar-refractivity contribution is 5.69. The van der Waals surface area contributed by atoms with Gasteiger partial charge in [-0.05, 0) is 25.2 Å². The van der Waals surface area contributed by atoms with E-state index in [0.717, 1.165) is 0 Å². The maximum atomic E-state index is 11.5.